The number of imide groups is 1. The molecule has 7 rings (SSSR count). The Kier molecular flexibility index (Phi) is 7.21. The zero-order chi connectivity index (χ0) is 32.3. The molecule has 1 fully saturated rings. The highest BCUT2D eigenvalue weighted by Gasteiger charge is 2.44. The number of hydrogen-bond donors (Lipinski definition) is 1. The third kappa shape index (κ3) is 4.66. The molecule has 5 heterocycles. The van der Waals surface area contributed by atoms with Crippen LogP contribution in [0.25, 0.3) is 10.9 Å². The first-order valence-electron chi connectivity index (χ1n) is 15.4. The van der Waals surface area contributed by atoms with Gasteiger partial charge in [-0.2, -0.15) is 4.98 Å². The molecule has 2 aromatic heterocycles. The number of piperidine rings is 1. The van der Waals surface area contributed by atoms with Gasteiger partial charge in [-0.05, 0) is 51.8 Å². The number of aryl methyl sites for hydroxylation is 2. The van der Waals surface area contributed by atoms with Crippen molar-refractivity contribution in [1.82, 2.24) is 29.3 Å². The van der Waals surface area contributed by atoms with Crippen LogP contribution in [0.4, 0.5) is 16.6 Å². The predicted molar refractivity (Wildman–Crippen MR) is 171 cm³/mol. The second kappa shape index (κ2) is 11.3. The van der Waals surface area contributed by atoms with Gasteiger partial charge in [0.25, 0.3) is 11.8 Å². The number of hydrogen-bond acceptors (Lipinski definition) is 8. The minimum Gasteiger partial charge on any atom is -0.368 e. The number of amides is 4. The average molecular weight is 619 g/mol. The smallest absolute Gasteiger partial charge is 0.328 e. The number of urea groups is 1. The molecule has 2 atom stereocenters. The van der Waals surface area contributed by atoms with Crippen LogP contribution in [0.5, 0.6) is 0 Å². The number of carbonyl (C=O) groups is 3. The molecule has 0 saturated carbocycles. The minimum absolute atomic E-state index is 0.0135. The van der Waals surface area contributed by atoms with Gasteiger partial charge in [0.05, 0.1) is 35.8 Å². The summed E-state index contributed by atoms with van der Waals surface area (Å²) in [4.78, 5) is 60.8. The summed E-state index contributed by atoms with van der Waals surface area (Å²) in [5.74, 6) is 6.70. The summed E-state index contributed by atoms with van der Waals surface area (Å²) in [6.07, 6.45) is 0.0424. The number of para-hydroxylation sites is 1. The van der Waals surface area contributed by atoms with Crippen LogP contribution in [0, 0.1) is 25.7 Å². The number of nitrogens with zero attached hydrogens (tertiary/aromatic N) is 8. The first kappa shape index (κ1) is 29.4. The van der Waals surface area contributed by atoms with Crippen LogP contribution in [-0.2, 0) is 13.1 Å². The highest BCUT2D eigenvalue weighted by atomic mass is 16.3. The van der Waals surface area contributed by atoms with Gasteiger partial charge in [-0.1, -0.05) is 35.7 Å². The molecule has 0 bridgehead atoms. The molecular formula is C34H34N8O4. The number of anilines is 2. The van der Waals surface area contributed by atoms with Crippen molar-refractivity contribution < 1.29 is 19.5 Å². The van der Waals surface area contributed by atoms with Crippen LogP contribution in [-0.4, -0.2) is 78.4 Å². The second-order valence-electron chi connectivity index (χ2n) is 12.0. The Balaban J connectivity index is 1.22. The molecule has 2 aromatic carbocycles. The molecule has 1 saturated heterocycles. The third-order valence-corrected chi connectivity index (χ3v) is 9.04. The zero-order valence-electron chi connectivity index (χ0n) is 26.2. The summed E-state index contributed by atoms with van der Waals surface area (Å²) in [5.41, 5.74) is 3.76. The van der Waals surface area contributed by atoms with Gasteiger partial charge in [0.2, 0.25) is 5.95 Å². The van der Waals surface area contributed by atoms with Gasteiger partial charge < -0.3 is 10.0 Å². The number of fused-ring (bicyclic) bond motifs is 3. The van der Waals surface area contributed by atoms with Crippen LogP contribution in [0.3, 0.4) is 0 Å². The van der Waals surface area contributed by atoms with Crippen molar-refractivity contribution in [3.63, 3.8) is 0 Å². The van der Waals surface area contributed by atoms with Crippen LogP contribution in [0.1, 0.15) is 69.5 Å². The summed E-state index contributed by atoms with van der Waals surface area (Å²) in [7, 11) is 1.62. The van der Waals surface area contributed by atoms with E-state index in [-0.39, 0.29) is 30.9 Å². The summed E-state index contributed by atoms with van der Waals surface area (Å²) in [6, 6.07) is 12.2. The van der Waals surface area contributed by atoms with Crippen molar-refractivity contribution in [2.75, 3.05) is 29.9 Å². The van der Waals surface area contributed by atoms with E-state index in [1.54, 1.807) is 26.1 Å². The minimum atomic E-state index is -1.34. The van der Waals surface area contributed by atoms with E-state index >= 15 is 0 Å². The molecule has 1 N–H and O–H groups in total. The van der Waals surface area contributed by atoms with E-state index < -0.39 is 12.3 Å². The average Bonchev–Trinajstić information content (AvgIpc) is 3.55. The van der Waals surface area contributed by atoms with Crippen molar-refractivity contribution in [2.24, 2.45) is 0 Å². The number of aliphatic hydroxyl groups excluding tert-OH is 1. The third-order valence-electron chi connectivity index (χ3n) is 9.04. The van der Waals surface area contributed by atoms with Crippen LogP contribution in [0.15, 0.2) is 42.5 Å². The van der Waals surface area contributed by atoms with Gasteiger partial charge in [-0.3, -0.25) is 28.9 Å². The Morgan fingerprint density at radius 2 is 1.78 bits per heavy atom. The van der Waals surface area contributed by atoms with E-state index in [9.17, 15) is 19.5 Å². The Bertz CT molecular complexity index is 1990. The molecule has 4 amide bonds. The maximum atomic E-state index is 13.7. The molecule has 0 radical (unpaired) electrons. The fourth-order valence-corrected chi connectivity index (χ4v) is 6.76. The highest BCUT2D eigenvalue weighted by molar-refractivity contribution is 6.21. The molecule has 3 aliphatic rings. The number of imidazole rings is 1. The molecule has 0 spiro atoms. The van der Waals surface area contributed by atoms with E-state index in [1.807, 2.05) is 53.6 Å². The maximum Gasteiger partial charge on any atom is 0.328 e. The largest absolute Gasteiger partial charge is 0.368 e. The normalized spacial score (nSPS) is 19.5. The molecular weight excluding hydrogens is 584 g/mol. The lowest BCUT2D eigenvalue weighted by Gasteiger charge is -2.37. The van der Waals surface area contributed by atoms with Crippen molar-refractivity contribution >= 4 is 40.5 Å². The van der Waals surface area contributed by atoms with Crippen molar-refractivity contribution in [2.45, 2.75) is 59.0 Å². The van der Waals surface area contributed by atoms with Gasteiger partial charge in [-0.25, -0.2) is 14.8 Å². The number of benzene rings is 2. The van der Waals surface area contributed by atoms with Gasteiger partial charge in [0, 0.05) is 31.2 Å². The predicted octanol–water partition coefficient (Wildman–Crippen LogP) is 3.79. The molecule has 234 valence electrons. The van der Waals surface area contributed by atoms with E-state index in [0.717, 1.165) is 28.6 Å². The van der Waals surface area contributed by atoms with Crippen molar-refractivity contribution in [1.29, 1.82) is 0 Å². The number of aromatic nitrogens is 4. The van der Waals surface area contributed by atoms with Gasteiger partial charge in [0.15, 0.2) is 12.0 Å². The molecule has 12 heteroatoms. The van der Waals surface area contributed by atoms with Crippen LogP contribution < -0.4 is 9.80 Å². The fraction of sp³-hybridized carbons (Fsp3) is 0.353. The molecule has 12 nitrogen and oxygen atoms in total. The summed E-state index contributed by atoms with van der Waals surface area (Å²) >= 11 is 0. The number of rotatable bonds is 5. The lowest BCUT2D eigenvalue weighted by Crippen LogP contribution is -2.50. The summed E-state index contributed by atoms with van der Waals surface area (Å²) < 4.78 is 1.83. The Morgan fingerprint density at radius 3 is 2.59 bits per heavy atom. The maximum absolute atomic E-state index is 13.7. The lowest BCUT2D eigenvalue weighted by molar-refractivity contribution is 0.0160. The van der Waals surface area contributed by atoms with Crippen molar-refractivity contribution in [3.8, 4) is 11.8 Å². The molecule has 4 aromatic rings. The highest BCUT2D eigenvalue weighted by Crippen LogP contribution is 2.39. The standard InChI is InChI=1S/C34H34N8O4/c1-5-6-16-40-28-29(38(4)34(46)41(32(28)45)19-27-35-21(3)23-11-7-8-12-26(23)36-27)37-33(40)39-15-9-10-22(18-39)42-30(43)24-14-13-20(2)17-25(24)31(42)44/h7-8,11-14,17,22,32,45H,9-10,15-16,18-19H2,1-4H3/t22-,32?/m0/s1. The first-order chi connectivity index (χ1) is 22.2. The van der Waals surface area contributed by atoms with E-state index in [1.165, 1.54) is 14.7 Å². The number of aliphatic hydroxyl groups is 1. The Hall–Kier alpha value is -5.28. The zero-order valence-corrected chi connectivity index (χ0v) is 26.2. The van der Waals surface area contributed by atoms with Crippen LogP contribution in [0.2, 0.25) is 0 Å². The SMILES string of the molecule is CC#CCn1c(N2CCC[C@H](N3C(=O)c4ccc(C)cc4C3=O)C2)nc2c1C(O)N(Cc1nc(C)c3ccccc3n1)C(=O)N2C. The quantitative estimate of drug-likeness (QED) is 0.264. The first-order valence-corrected chi connectivity index (χ1v) is 15.4. The van der Waals surface area contributed by atoms with Gasteiger partial charge >= 0.3 is 6.03 Å². The fourth-order valence-electron chi connectivity index (χ4n) is 6.76. The molecule has 46 heavy (non-hydrogen) atoms. The second-order valence-corrected chi connectivity index (χ2v) is 12.0. The van der Waals surface area contributed by atoms with E-state index in [0.29, 0.717) is 53.9 Å². The lowest BCUT2D eigenvalue weighted by atomic mass is 10.0. The van der Waals surface area contributed by atoms with Crippen molar-refractivity contribution in [3.05, 3.63) is 76.4 Å². The summed E-state index contributed by atoms with van der Waals surface area (Å²) in [5, 5.41) is 12.7. The van der Waals surface area contributed by atoms with Gasteiger partial charge in [0.1, 0.15) is 11.5 Å². The summed E-state index contributed by atoms with van der Waals surface area (Å²) in [6.45, 7) is 6.72. The Morgan fingerprint density at radius 1 is 1.00 bits per heavy atom. The molecule has 1 unspecified atom stereocenters. The van der Waals surface area contributed by atoms with Gasteiger partial charge in [-0.15, -0.1) is 5.92 Å². The van der Waals surface area contributed by atoms with E-state index in [2.05, 4.69) is 21.8 Å². The number of carbonyl (C=O) groups excluding carboxylic acids is 3. The van der Waals surface area contributed by atoms with Crippen LogP contribution >= 0.6 is 0 Å². The molecule has 3 aliphatic heterocycles. The Labute approximate surface area is 266 Å². The topological polar surface area (TPSA) is 128 Å². The molecule has 0 aliphatic carbocycles. The van der Waals surface area contributed by atoms with E-state index in [4.69, 9.17) is 4.98 Å². The monoisotopic (exact) mass is 618 g/mol.